The maximum Gasteiger partial charge on any atom is 0.308 e. The van der Waals surface area contributed by atoms with E-state index in [1.807, 2.05) is 13.2 Å². The molecule has 5 nitrogen and oxygen atoms in total. The molecule has 108 valence electrons. The third-order valence-electron chi connectivity index (χ3n) is 4.39. The fourth-order valence-corrected chi connectivity index (χ4v) is 3.68. The van der Waals surface area contributed by atoms with Gasteiger partial charge in [0.05, 0.1) is 5.92 Å². The van der Waals surface area contributed by atoms with Crippen LogP contribution < -0.4 is 0 Å². The molecule has 2 atom stereocenters. The molecule has 1 saturated carbocycles. The molecular formula is C14H17BrN2O3. The zero-order chi connectivity index (χ0) is 14.4. The summed E-state index contributed by atoms with van der Waals surface area (Å²) in [5.41, 5.74) is 0.595. The Morgan fingerprint density at radius 1 is 1.35 bits per heavy atom. The number of carboxylic acid groups (broad SMARTS) is 1. The van der Waals surface area contributed by atoms with Gasteiger partial charge >= 0.3 is 5.97 Å². The van der Waals surface area contributed by atoms with Crippen LogP contribution in [0, 0.1) is 17.8 Å². The summed E-state index contributed by atoms with van der Waals surface area (Å²) < 4.78 is 2.63. The van der Waals surface area contributed by atoms with Crippen LogP contribution in [0.4, 0.5) is 0 Å². The summed E-state index contributed by atoms with van der Waals surface area (Å²) in [6, 6.07) is 1.78. The lowest BCUT2D eigenvalue weighted by molar-refractivity contribution is -0.142. The Kier molecular flexibility index (Phi) is 3.36. The molecule has 2 aliphatic rings. The van der Waals surface area contributed by atoms with Gasteiger partial charge in [0.1, 0.15) is 5.69 Å². The van der Waals surface area contributed by atoms with E-state index in [9.17, 15) is 14.7 Å². The third-order valence-corrected chi connectivity index (χ3v) is 4.82. The molecule has 0 bridgehead atoms. The van der Waals surface area contributed by atoms with Gasteiger partial charge in [-0.25, -0.2) is 0 Å². The van der Waals surface area contributed by atoms with Crippen LogP contribution in [0.2, 0.25) is 0 Å². The van der Waals surface area contributed by atoms with Crippen molar-refractivity contribution in [3.05, 3.63) is 22.4 Å². The first-order chi connectivity index (χ1) is 9.47. The molecule has 1 aliphatic carbocycles. The van der Waals surface area contributed by atoms with Crippen molar-refractivity contribution in [2.75, 3.05) is 13.1 Å². The molecule has 1 amide bonds. The predicted molar refractivity (Wildman–Crippen MR) is 76.4 cm³/mol. The Morgan fingerprint density at radius 3 is 2.55 bits per heavy atom. The predicted octanol–water partition coefficient (Wildman–Crippen LogP) is 1.97. The fraction of sp³-hybridized carbons (Fsp3) is 0.571. The number of aliphatic carboxylic acids is 1. The Balaban J connectivity index is 1.79. The average molecular weight is 341 g/mol. The molecule has 1 saturated heterocycles. The summed E-state index contributed by atoms with van der Waals surface area (Å²) in [7, 11) is 1.82. The van der Waals surface area contributed by atoms with Gasteiger partial charge in [-0.1, -0.05) is 0 Å². The second kappa shape index (κ2) is 4.91. The minimum Gasteiger partial charge on any atom is -0.481 e. The average Bonchev–Trinajstić information content (AvgIpc) is 3.03. The number of rotatable bonds is 3. The molecule has 2 heterocycles. The van der Waals surface area contributed by atoms with Crippen LogP contribution in [0.25, 0.3) is 0 Å². The summed E-state index contributed by atoms with van der Waals surface area (Å²) in [6.07, 6.45) is 4.04. The molecule has 0 aromatic carbocycles. The lowest BCUT2D eigenvalue weighted by Gasteiger charge is -2.16. The Morgan fingerprint density at radius 2 is 2.05 bits per heavy atom. The lowest BCUT2D eigenvalue weighted by atomic mass is 9.92. The molecule has 0 unspecified atom stereocenters. The quantitative estimate of drug-likeness (QED) is 0.914. The van der Waals surface area contributed by atoms with Crippen molar-refractivity contribution in [2.45, 2.75) is 12.8 Å². The van der Waals surface area contributed by atoms with Crippen LogP contribution in [0.1, 0.15) is 23.3 Å². The van der Waals surface area contributed by atoms with E-state index in [-0.39, 0.29) is 11.8 Å². The summed E-state index contributed by atoms with van der Waals surface area (Å²) in [4.78, 5) is 25.6. The third kappa shape index (κ3) is 2.37. The Labute approximate surface area is 125 Å². The highest BCUT2D eigenvalue weighted by Crippen LogP contribution is 2.44. The van der Waals surface area contributed by atoms with Crippen LogP contribution >= 0.6 is 15.9 Å². The number of aryl methyl sites for hydroxylation is 1. The Hall–Kier alpha value is -1.30. The number of carboxylic acids is 1. The zero-order valence-electron chi connectivity index (χ0n) is 11.3. The summed E-state index contributed by atoms with van der Waals surface area (Å²) in [5, 5.41) is 9.34. The van der Waals surface area contributed by atoms with Crippen molar-refractivity contribution in [3.8, 4) is 0 Å². The molecule has 0 radical (unpaired) electrons. The van der Waals surface area contributed by atoms with Gasteiger partial charge in [-0.05, 0) is 46.7 Å². The minimum atomic E-state index is -0.773. The maximum atomic E-state index is 12.5. The fourth-order valence-electron chi connectivity index (χ4n) is 3.16. The van der Waals surface area contributed by atoms with Gasteiger partial charge in [-0.15, -0.1) is 0 Å². The topological polar surface area (TPSA) is 62.5 Å². The van der Waals surface area contributed by atoms with Crippen molar-refractivity contribution < 1.29 is 14.7 Å². The van der Waals surface area contributed by atoms with E-state index in [4.69, 9.17) is 0 Å². The molecular weight excluding hydrogens is 324 g/mol. The van der Waals surface area contributed by atoms with Crippen molar-refractivity contribution in [1.29, 1.82) is 0 Å². The van der Waals surface area contributed by atoms with Crippen LogP contribution in [-0.2, 0) is 11.8 Å². The molecule has 1 aliphatic heterocycles. The normalized spacial score (nSPS) is 26.0. The number of hydrogen-bond donors (Lipinski definition) is 1. The number of likely N-dealkylation sites (tertiary alicyclic amines) is 1. The van der Waals surface area contributed by atoms with E-state index in [1.165, 1.54) is 0 Å². The van der Waals surface area contributed by atoms with Crippen molar-refractivity contribution >= 4 is 27.8 Å². The van der Waals surface area contributed by atoms with Gasteiger partial charge in [-0.2, -0.15) is 0 Å². The van der Waals surface area contributed by atoms with E-state index in [0.29, 0.717) is 24.7 Å². The number of halogens is 1. The van der Waals surface area contributed by atoms with E-state index in [0.717, 1.165) is 17.3 Å². The molecule has 1 aromatic rings. The van der Waals surface area contributed by atoms with Crippen LogP contribution in [0.15, 0.2) is 16.7 Å². The van der Waals surface area contributed by atoms with E-state index >= 15 is 0 Å². The van der Waals surface area contributed by atoms with E-state index in [2.05, 4.69) is 15.9 Å². The van der Waals surface area contributed by atoms with Crippen LogP contribution in [0.5, 0.6) is 0 Å². The molecule has 1 N–H and O–H groups in total. The first-order valence-corrected chi connectivity index (χ1v) is 7.60. The first-order valence-electron chi connectivity index (χ1n) is 6.81. The number of carbonyl (C=O) groups excluding carboxylic acids is 1. The van der Waals surface area contributed by atoms with Gasteiger partial charge in [0, 0.05) is 30.8 Å². The second-order valence-electron chi connectivity index (χ2n) is 5.81. The molecule has 3 rings (SSSR count). The van der Waals surface area contributed by atoms with Crippen LogP contribution in [0.3, 0.4) is 0 Å². The van der Waals surface area contributed by atoms with Crippen molar-refractivity contribution in [2.24, 2.45) is 24.8 Å². The lowest BCUT2D eigenvalue weighted by Crippen LogP contribution is -2.31. The molecule has 0 spiro atoms. The highest BCUT2D eigenvalue weighted by Gasteiger charge is 2.47. The molecule has 1 aromatic heterocycles. The first kappa shape index (κ1) is 13.7. The van der Waals surface area contributed by atoms with Crippen molar-refractivity contribution in [1.82, 2.24) is 9.47 Å². The molecule has 20 heavy (non-hydrogen) atoms. The maximum absolute atomic E-state index is 12.5. The Bertz CT molecular complexity index is 565. The SMILES string of the molecule is Cn1cc(Br)cc1C(=O)N1C[C@H](C(=O)O)[C@@H](C2CC2)C1. The van der Waals surface area contributed by atoms with E-state index in [1.54, 1.807) is 15.5 Å². The summed E-state index contributed by atoms with van der Waals surface area (Å²) in [6.45, 7) is 0.904. The van der Waals surface area contributed by atoms with E-state index < -0.39 is 11.9 Å². The van der Waals surface area contributed by atoms with Crippen LogP contribution in [-0.4, -0.2) is 39.5 Å². The number of nitrogens with zero attached hydrogens (tertiary/aromatic N) is 2. The minimum absolute atomic E-state index is 0.0763. The zero-order valence-corrected chi connectivity index (χ0v) is 12.8. The van der Waals surface area contributed by atoms with Gasteiger partial charge in [0.2, 0.25) is 0 Å². The second-order valence-corrected chi connectivity index (χ2v) is 6.73. The number of carbonyl (C=O) groups is 2. The number of aromatic nitrogens is 1. The smallest absolute Gasteiger partial charge is 0.308 e. The van der Waals surface area contributed by atoms with Gasteiger partial charge in [0.25, 0.3) is 5.91 Å². The number of hydrogen-bond acceptors (Lipinski definition) is 2. The highest BCUT2D eigenvalue weighted by molar-refractivity contribution is 9.10. The molecule has 6 heteroatoms. The van der Waals surface area contributed by atoms with Gasteiger partial charge in [0.15, 0.2) is 0 Å². The van der Waals surface area contributed by atoms with Gasteiger partial charge in [-0.3, -0.25) is 9.59 Å². The highest BCUT2D eigenvalue weighted by atomic mass is 79.9. The summed E-state index contributed by atoms with van der Waals surface area (Å²) >= 11 is 3.35. The molecule has 2 fully saturated rings. The number of amides is 1. The monoisotopic (exact) mass is 340 g/mol. The largest absolute Gasteiger partial charge is 0.481 e. The van der Waals surface area contributed by atoms with Gasteiger partial charge < -0.3 is 14.6 Å². The standard InChI is InChI=1S/C14H17BrN2O3/c1-16-5-9(15)4-12(16)13(18)17-6-10(8-2-3-8)11(7-17)14(19)20/h4-5,8,10-11H,2-3,6-7H2,1H3,(H,19,20)/t10-,11+/m1/s1. The summed E-state index contributed by atoms with van der Waals surface area (Å²) in [5.74, 6) is -0.637. The van der Waals surface area contributed by atoms with Crippen molar-refractivity contribution in [3.63, 3.8) is 0 Å².